The summed E-state index contributed by atoms with van der Waals surface area (Å²) in [6.45, 7) is 5.02. The Bertz CT molecular complexity index is 725. The molecule has 26 heavy (non-hydrogen) atoms. The maximum Gasteiger partial charge on any atom is 0.435 e. The van der Waals surface area contributed by atoms with E-state index in [0.717, 1.165) is 19.0 Å². The minimum atomic E-state index is -4.48. The number of hydrogen-bond acceptors (Lipinski definition) is 7. The lowest BCUT2D eigenvalue weighted by molar-refractivity contribution is -0.141. The van der Waals surface area contributed by atoms with Gasteiger partial charge in [0.05, 0.1) is 6.61 Å². The van der Waals surface area contributed by atoms with E-state index in [2.05, 4.69) is 20.2 Å². The normalized spacial score (nSPS) is 15.7. The van der Waals surface area contributed by atoms with Crippen molar-refractivity contribution in [3.05, 3.63) is 30.1 Å². The van der Waals surface area contributed by atoms with E-state index in [1.807, 2.05) is 16.7 Å². The molecule has 1 saturated heterocycles. The maximum absolute atomic E-state index is 12.6. The van der Waals surface area contributed by atoms with Crippen LogP contribution < -0.4 is 14.5 Å². The molecule has 0 amide bonds. The van der Waals surface area contributed by atoms with Crippen LogP contribution in [-0.2, 0) is 6.18 Å². The molecule has 10 heteroatoms. The molecule has 0 spiro atoms. The van der Waals surface area contributed by atoms with Crippen molar-refractivity contribution in [1.82, 2.24) is 20.2 Å². The van der Waals surface area contributed by atoms with Gasteiger partial charge < -0.3 is 14.5 Å². The second-order valence-corrected chi connectivity index (χ2v) is 5.73. The molecule has 3 heterocycles. The van der Waals surface area contributed by atoms with Crippen LogP contribution in [0.4, 0.5) is 24.9 Å². The number of ether oxygens (including phenoxy) is 1. The molecule has 0 atom stereocenters. The average Bonchev–Trinajstić information content (AvgIpc) is 2.88. The van der Waals surface area contributed by atoms with Gasteiger partial charge in [0, 0.05) is 38.4 Å². The standard InChI is InChI=1S/C16H19F3N6O/c1-2-26-14-6-7-20-15(21-14)25-9-3-8-24(10-11-25)13-5-4-12(22-23-13)16(17,18)19/h4-7H,2-3,8-11H2,1H3. The molecule has 0 bridgehead atoms. The molecule has 0 saturated carbocycles. The first-order valence-electron chi connectivity index (χ1n) is 8.34. The highest BCUT2D eigenvalue weighted by Crippen LogP contribution is 2.27. The zero-order chi connectivity index (χ0) is 18.6. The van der Waals surface area contributed by atoms with E-state index in [1.54, 1.807) is 12.3 Å². The van der Waals surface area contributed by atoms with Crippen LogP contribution in [0, 0.1) is 0 Å². The van der Waals surface area contributed by atoms with Gasteiger partial charge in [-0.25, -0.2) is 4.98 Å². The molecule has 7 nitrogen and oxygen atoms in total. The minimum Gasteiger partial charge on any atom is -0.478 e. The molecular formula is C16H19F3N6O. The van der Waals surface area contributed by atoms with Crippen molar-refractivity contribution in [3.8, 4) is 5.88 Å². The predicted octanol–water partition coefficient (Wildman–Crippen LogP) is 2.40. The summed E-state index contributed by atoms with van der Waals surface area (Å²) in [5.74, 6) is 1.53. The summed E-state index contributed by atoms with van der Waals surface area (Å²) >= 11 is 0. The third kappa shape index (κ3) is 4.30. The van der Waals surface area contributed by atoms with Crippen LogP contribution in [0.2, 0.25) is 0 Å². The lowest BCUT2D eigenvalue weighted by Crippen LogP contribution is -2.32. The van der Waals surface area contributed by atoms with Crippen molar-refractivity contribution in [2.24, 2.45) is 0 Å². The third-order valence-electron chi connectivity index (χ3n) is 3.95. The SMILES string of the molecule is CCOc1ccnc(N2CCCN(c3ccc(C(F)(F)F)nn3)CC2)n1. The quantitative estimate of drug-likeness (QED) is 0.821. The van der Waals surface area contributed by atoms with Crippen molar-refractivity contribution in [3.63, 3.8) is 0 Å². The second-order valence-electron chi connectivity index (χ2n) is 5.73. The molecule has 0 radical (unpaired) electrons. The maximum atomic E-state index is 12.6. The van der Waals surface area contributed by atoms with E-state index >= 15 is 0 Å². The lowest BCUT2D eigenvalue weighted by atomic mass is 10.3. The second kappa shape index (κ2) is 7.71. The van der Waals surface area contributed by atoms with E-state index < -0.39 is 11.9 Å². The topological polar surface area (TPSA) is 67.3 Å². The van der Waals surface area contributed by atoms with Crippen LogP contribution in [0.25, 0.3) is 0 Å². The van der Waals surface area contributed by atoms with Crippen LogP contribution in [0.1, 0.15) is 19.0 Å². The average molecular weight is 368 g/mol. The van der Waals surface area contributed by atoms with Gasteiger partial charge in [0.25, 0.3) is 0 Å². The van der Waals surface area contributed by atoms with Crippen LogP contribution in [0.5, 0.6) is 5.88 Å². The van der Waals surface area contributed by atoms with Gasteiger partial charge in [-0.2, -0.15) is 18.2 Å². The third-order valence-corrected chi connectivity index (χ3v) is 3.95. The number of halogens is 3. The van der Waals surface area contributed by atoms with Gasteiger partial charge in [-0.15, -0.1) is 10.2 Å². The van der Waals surface area contributed by atoms with E-state index in [-0.39, 0.29) is 0 Å². The highest BCUT2D eigenvalue weighted by molar-refractivity contribution is 5.40. The summed E-state index contributed by atoms with van der Waals surface area (Å²) in [6.07, 6.45) is -2.04. The molecule has 3 rings (SSSR count). The molecule has 0 aromatic carbocycles. The highest BCUT2D eigenvalue weighted by atomic mass is 19.4. The fraction of sp³-hybridized carbons (Fsp3) is 0.500. The van der Waals surface area contributed by atoms with E-state index in [4.69, 9.17) is 4.74 Å². The smallest absolute Gasteiger partial charge is 0.435 e. The summed E-state index contributed by atoms with van der Waals surface area (Å²) < 4.78 is 43.2. The van der Waals surface area contributed by atoms with E-state index in [9.17, 15) is 13.2 Å². The first-order chi connectivity index (χ1) is 12.5. The van der Waals surface area contributed by atoms with Crippen molar-refractivity contribution < 1.29 is 17.9 Å². The number of nitrogens with zero attached hydrogens (tertiary/aromatic N) is 6. The fourth-order valence-electron chi connectivity index (χ4n) is 2.70. The first kappa shape index (κ1) is 18.2. The molecule has 140 valence electrons. The number of anilines is 2. The van der Waals surface area contributed by atoms with Gasteiger partial charge >= 0.3 is 6.18 Å². The molecule has 1 aliphatic heterocycles. The molecular weight excluding hydrogens is 349 g/mol. The molecule has 1 aliphatic rings. The predicted molar refractivity (Wildman–Crippen MR) is 89.3 cm³/mol. The summed E-state index contributed by atoms with van der Waals surface area (Å²) in [7, 11) is 0. The molecule has 2 aromatic rings. The Labute approximate surface area is 148 Å². The monoisotopic (exact) mass is 368 g/mol. The molecule has 0 N–H and O–H groups in total. The Morgan fingerprint density at radius 3 is 2.50 bits per heavy atom. The van der Waals surface area contributed by atoms with Gasteiger partial charge in [0.1, 0.15) is 0 Å². The van der Waals surface area contributed by atoms with Gasteiger partial charge in [-0.1, -0.05) is 0 Å². The Kier molecular flexibility index (Phi) is 5.38. The Morgan fingerprint density at radius 1 is 1.04 bits per heavy atom. The summed E-state index contributed by atoms with van der Waals surface area (Å²) in [4.78, 5) is 12.6. The molecule has 0 aliphatic carbocycles. The number of aromatic nitrogens is 4. The Balaban J connectivity index is 1.67. The Hall–Kier alpha value is -2.65. The van der Waals surface area contributed by atoms with Crippen LogP contribution >= 0.6 is 0 Å². The van der Waals surface area contributed by atoms with Gasteiger partial charge in [-0.3, -0.25) is 0 Å². The van der Waals surface area contributed by atoms with Crippen molar-refractivity contribution in [1.29, 1.82) is 0 Å². The molecule has 0 unspecified atom stereocenters. The van der Waals surface area contributed by atoms with Crippen LogP contribution in [0.15, 0.2) is 24.4 Å². The van der Waals surface area contributed by atoms with Crippen molar-refractivity contribution in [2.45, 2.75) is 19.5 Å². The van der Waals surface area contributed by atoms with Crippen molar-refractivity contribution >= 4 is 11.8 Å². The van der Waals surface area contributed by atoms with Crippen LogP contribution in [-0.4, -0.2) is 53.0 Å². The van der Waals surface area contributed by atoms with Crippen molar-refractivity contribution in [2.75, 3.05) is 42.6 Å². The minimum absolute atomic E-state index is 0.434. The van der Waals surface area contributed by atoms with Crippen LogP contribution in [0.3, 0.4) is 0 Å². The zero-order valence-corrected chi connectivity index (χ0v) is 14.3. The highest BCUT2D eigenvalue weighted by Gasteiger charge is 2.33. The van der Waals surface area contributed by atoms with E-state index in [0.29, 0.717) is 43.9 Å². The Morgan fingerprint density at radius 2 is 1.81 bits per heavy atom. The number of alkyl halides is 3. The van der Waals surface area contributed by atoms with Gasteiger partial charge in [-0.05, 0) is 25.5 Å². The van der Waals surface area contributed by atoms with Gasteiger partial charge in [0.2, 0.25) is 11.8 Å². The number of rotatable bonds is 4. The summed E-state index contributed by atoms with van der Waals surface area (Å²) in [5, 5.41) is 7.03. The first-order valence-corrected chi connectivity index (χ1v) is 8.34. The lowest BCUT2D eigenvalue weighted by Gasteiger charge is -2.22. The molecule has 1 fully saturated rings. The summed E-state index contributed by atoms with van der Waals surface area (Å²) in [5.41, 5.74) is -0.987. The van der Waals surface area contributed by atoms with E-state index in [1.165, 1.54) is 6.07 Å². The largest absolute Gasteiger partial charge is 0.478 e. The zero-order valence-electron chi connectivity index (χ0n) is 14.3. The summed E-state index contributed by atoms with van der Waals surface area (Å²) in [6, 6.07) is 4.02. The van der Waals surface area contributed by atoms with Gasteiger partial charge in [0.15, 0.2) is 11.5 Å². The number of hydrogen-bond donors (Lipinski definition) is 0. The fourth-order valence-corrected chi connectivity index (χ4v) is 2.70. The molecule has 2 aromatic heterocycles.